The number of hydrogen-bond acceptors (Lipinski definition) is 4. The van der Waals surface area contributed by atoms with Crippen LogP contribution in [0, 0.1) is 11.8 Å². The second-order valence-corrected chi connectivity index (χ2v) is 9.33. The second-order valence-electron chi connectivity index (χ2n) is 8.47. The Balaban J connectivity index is 1.36. The van der Waals surface area contributed by atoms with E-state index in [0.29, 0.717) is 31.1 Å². The van der Waals surface area contributed by atoms with Gasteiger partial charge in [0.25, 0.3) is 0 Å². The topological polar surface area (TPSA) is 62.3 Å². The lowest BCUT2D eigenvalue weighted by atomic mass is 9.90. The van der Waals surface area contributed by atoms with Gasteiger partial charge >= 0.3 is 0 Å². The van der Waals surface area contributed by atoms with E-state index in [-0.39, 0.29) is 23.7 Å². The van der Waals surface area contributed by atoms with Gasteiger partial charge < -0.3 is 10.2 Å². The van der Waals surface area contributed by atoms with Crippen LogP contribution in [-0.2, 0) is 22.4 Å². The number of aromatic nitrogens is 1. The molecule has 0 spiro atoms. The van der Waals surface area contributed by atoms with Gasteiger partial charge in [-0.25, -0.2) is 4.98 Å². The Hall–Kier alpha value is -2.21. The minimum Gasteiger partial charge on any atom is -0.342 e. The van der Waals surface area contributed by atoms with Gasteiger partial charge in [0.15, 0.2) is 5.13 Å². The van der Waals surface area contributed by atoms with Crippen molar-refractivity contribution in [1.82, 2.24) is 9.88 Å². The molecule has 2 heterocycles. The number of carbonyl (C=O) groups excluding carboxylic acids is 2. The van der Waals surface area contributed by atoms with Gasteiger partial charge in [0.2, 0.25) is 11.8 Å². The van der Waals surface area contributed by atoms with E-state index in [2.05, 4.69) is 28.5 Å². The van der Waals surface area contributed by atoms with Crippen LogP contribution in [0.2, 0.25) is 0 Å². The SMILES string of the molecule is CC(C)C(=O)N1CCC(C(=O)Nc2nc(-c3ccc4c(c3)CCCC4)cs2)CC1. The Bertz CT molecular complexity index is 897. The third-order valence-corrected chi connectivity index (χ3v) is 6.81. The van der Waals surface area contributed by atoms with Gasteiger partial charge in [0, 0.05) is 35.9 Å². The van der Waals surface area contributed by atoms with Gasteiger partial charge in [-0.1, -0.05) is 26.0 Å². The first-order chi connectivity index (χ1) is 14.0. The van der Waals surface area contributed by atoms with Gasteiger partial charge in [-0.15, -0.1) is 11.3 Å². The molecule has 1 aromatic carbocycles. The quantitative estimate of drug-likeness (QED) is 0.804. The third-order valence-electron chi connectivity index (χ3n) is 6.05. The van der Waals surface area contributed by atoms with E-state index in [4.69, 9.17) is 0 Å². The lowest BCUT2D eigenvalue weighted by Crippen LogP contribution is -2.43. The fraction of sp³-hybridized carbons (Fsp3) is 0.522. The summed E-state index contributed by atoms with van der Waals surface area (Å²) in [5, 5.41) is 5.67. The number of likely N-dealkylation sites (tertiary alicyclic amines) is 1. The first kappa shape index (κ1) is 20.1. The average molecular weight is 412 g/mol. The molecule has 6 heteroatoms. The minimum absolute atomic E-state index is 0.0118. The molecule has 2 aliphatic rings. The van der Waals surface area contributed by atoms with Crippen LogP contribution in [0.25, 0.3) is 11.3 Å². The molecule has 1 fully saturated rings. The summed E-state index contributed by atoms with van der Waals surface area (Å²) < 4.78 is 0. The number of fused-ring (bicyclic) bond motifs is 1. The number of carbonyl (C=O) groups is 2. The fourth-order valence-electron chi connectivity index (χ4n) is 4.29. The number of aryl methyl sites for hydroxylation is 2. The highest BCUT2D eigenvalue weighted by atomic mass is 32.1. The molecule has 0 unspecified atom stereocenters. The molecule has 1 aromatic heterocycles. The van der Waals surface area contributed by atoms with Crippen molar-refractivity contribution in [1.29, 1.82) is 0 Å². The Kier molecular flexibility index (Phi) is 5.99. The lowest BCUT2D eigenvalue weighted by molar-refractivity contribution is -0.137. The summed E-state index contributed by atoms with van der Waals surface area (Å²) >= 11 is 1.48. The number of rotatable bonds is 4. The number of nitrogens with one attached hydrogen (secondary N) is 1. The van der Waals surface area contributed by atoms with Crippen molar-refractivity contribution in [3.63, 3.8) is 0 Å². The Morgan fingerprint density at radius 3 is 2.59 bits per heavy atom. The largest absolute Gasteiger partial charge is 0.342 e. The molecule has 2 amide bonds. The van der Waals surface area contributed by atoms with E-state index in [1.54, 1.807) is 0 Å². The van der Waals surface area contributed by atoms with Gasteiger partial charge in [-0.05, 0) is 55.7 Å². The summed E-state index contributed by atoms with van der Waals surface area (Å²) in [4.78, 5) is 31.3. The van der Waals surface area contributed by atoms with E-state index < -0.39 is 0 Å². The van der Waals surface area contributed by atoms with Gasteiger partial charge in [-0.3, -0.25) is 9.59 Å². The van der Waals surface area contributed by atoms with Gasteiger partial charge in [-0.2, -0.15) is 0 Å². The molecule has 1 saturated heterocycles. The van der Waals surface area contributed by atoms with Crippen LogP contribution in [0.4, 0.5) is 5.13 Å². The maximum Gasteiger partial charge on any atom is 0.229 e. The van der Waals surface area contributed by atoms with Crippen molar-refractivity contribution in [3.05, 3.63) is 34.7 Å². The zero-order chi connectivity index (χ0) is 20.4. The van der Waals surface area contributed by atoms with Crippen molar-refractivity contribution in [2.45, 2.75) is 52.4 Å². The van der Waals surface area contributed by atoms with E-state index in [1.807, 2.05) is 24.1 Å². The molecular formula is C23H29N3O2S. The number of benzene rings is 1. The monoisotopic (exact) mass is 411 g/mol. The van der Waals surface area contributed by atoms with Gasteiger partial charge in [0.1, 0.15) is 0 Å². The van der Waals surface area contributed by atoms with Crippen LogP contribution in [0.3, 0.4) is 0 Å². The molecule has 0 bridgehead atoms. The minimum atomic E-state index is -0.0534. The van der Waals surface area contributed by atoms with Crippen LogP contribution >= 0.6 is 11.3 Å². The van der Waals surface area contributed by atoms with Crippen LogP contribution in [0.15, 0.2) is 23.6 Å². The summed E-state index contributed by atoms with van der Waals surface area (Å²) in [5.74, 6) is 0.159. The van der Waals surface area contributed by atoms with Crippen LogP contribution in [0.1, 0.15) is 50.7 Å². The standard InChI is InChI=1S/C23H29N3O2S/c1-15(2)22(28)26-11-9-17(10-12-26)21(27)25-23-24-20(14-29-23)19-8-7-16-5-3-4-6-18(16)13-19/h7-8,13-15,17H,3-6,9-12H2,1-2H3,(H,24,25,27). The van der Waals surface area contributed by atoms with Crippen LogP contribution in [0.5, 0.6) is 0 Å². The molecule has 154 valence electrons. The van der Waals surface area contributed by atoms with E-state index in [0.717, 1.165) is 17.7 Å². The normalized spacial score (nSPS) is 17.3. The molecule has 2 aromatic rings. The smallest absolute Gasteiger partial charge is 0.229 e. The Morgan fingerprint density at radius 2 is 1.86 bits per heavy atom. The van der Waals surface area contributed by atoms with Crippen molar-refractivity contribution in [2.75, 3.05) is 18.4 Å². The number of hydrogen-bond donors (Lipinski definition) is 1. The maximum absolute atomic E-state index is 12.7. The van der Waals surface area contributed by atoms with Crippen molar-refractivity contribution < 1.29 is 9.59 Å². The first-order valence-electron chi connectivity index (χ1n) is 10.7. The molecule has 0 saturated carbocycles. The first-order valence-corrected chi connectivity index (χ1v) is 11.6. The molecule has 0 radical (unpaired) electrons. The van der Waals surface area contributed by atoms with Crippen molar-refractivity contribution in [2.24, 2.45) is 11.8 Å². The van der Waals surface area contributed by atoms with Crippen LogP contribution in [-0.4, -0.2) is 34.8 Å². The summed E-state index contributed by atoms with van der Waals surface area (Å²) in [7, 11) is 0. The van der Waals surface area contributed by atoms with E-state index in [9.17, 15) is 9.59 Å². The highest BCUT2D eigenvalue weighted by Crippen LogP contribution is 2.30. The summed E-state index contributed by atoms with van der Waals surface area (Å²) in [6.07, 6.45) is 6.30. The van der Waals surface area contributed by atoms with E-state index in [1.165, 1.54) is 41.7 Å². The molecule has 4 rings (SSSR count). The summed E-state index contributed by atoms with van der Waals surface area (Å²) in [5.41, 5.74) is 4.96. The molecule has 5 nitrogen and oxygen atoms in total. The highest BCUT2D eigenvalue weighted by molar-refractivity contribution is 7.14. The predicted octanol–water partition coefficient (Wildman–Crippen LogP) is 4.52. The maximum atomic E-state index is 12.7. The Labute approximate surface area is 176 Å². The molecular weight excluding hydrogens is 382 g/mol. The highest BCUT2D eigenvalue weighted by Gasteiger charge is 2.28. The number of anilines is 1. The summed E-state index contributed by atoms with van der Waals surface area (Å²) in [6.45, 7) is 5.16. The molecule has 1 aliphatic carbocycles. The van der Waals surface area contributed by atoms with Crippen LogP contribution < -0.4 is 5.32 Å². The molecule has 0 atom stereocenters. The number of nitrogens with zero attached hydrogens (tertiary/aromatic N) is 2. The van der Waals surface area contributed by atoms with E-state index >= 15 is 0 Å². The zero-order valence-corrected chi connectivity index (χ0v) is 18.1. The second kappa shape index (κ2) is 8.66. The number of thiazole rings is 1. The Morgan fingerprint density at radius 1 is 1.14 bits per heavy atom. The third kappa shape index (κ3) is 4.53. The predicted molar refractivity (Wildman–Crippen MR) is 117 cm³/mol. The number of piperidine rings is 1. The molecule has 1 aliphatic heterocycles. The summed E-state index contributed by atoms with van der Waals surface area (Å²) in [6, 6.07) is 6.64. The fourth-order valence-corrected chi connectivity index (χ4v) is 5.01. The van der Waals surface area contributed by atoms with Crippen molar-refractivity contribution in [3.8, 4) is 11.3 Å². The lowest BCUT2D eigenvalue weighted by Gasteiger charge is -2.32. The molecule has 1 N–H and O–H groups in total. The molecule has 29 heavy (non-hydrogen) atoms. The van der Waals surface area contributed by atoms with Crippen molar-refractivity contribution >= 4 is 28.3 Å². The van der Waals surface area contributed by atoms with Gasteiger partial charge in [0.05, 0.1) is 5.69 Å². The number of amides is 2. The zero-order valence-electron chi connectivity index (χ0n) is 17.2. The average Bonchev–Trinajstić information content (AvgIpc) is 3.21.